The molecule has 2 aromatic heterocycles. The molecule has 5 rings (SSSR count). The van der Waals surface area contributed by atoms with Crippen LogP contribution in [-0.2, 0) is 0 Å². The maximum atomic E-state index is 10.5. The van der Waals surface area contributed by atoms with E-state index in [1.54, 1.807) is 35.9 Å². The van der Waals surface area contributed by atoms with E-state index >= 15 is 0 Å². The first-order chi connectivity index (χ1) is 13.3. The Hall–Kier alpha value is -2.76. The fraction of sp³-hybridized carbons (Fsp3) is 0. The number of rotatable bonds is 3. The molecular formula is C22H14O3S2. The molecule has 0 bridgehead atoms. The lowest BCUT2D eigenvalue weighted by Gasteiger charge is -2.05. The molecular weight excluding hydrogens is 376 g/mol. The molecule has 3 heterocycles. The molecule has 3 nitrogen and oxygen atoms in total. The molecule has 1 aliphatic carbocycles. The van der Waals surface area contributed by atoms with E-state index in [0.29, 0.717) is 11.5 Å². The minimum absolute atomic E-state index is 0.130. The van der Waals surface area contributed by atoms with Gasteiger partial charge < -0.3 is 13.9 Å². The first-order valence-electron chi connectivity index (χ1n) is 8.41. The average Bonchev–Trinajstić information content (AvgIpc) is 3.48. The summed E-state index contributed by atoms with van der Waals surface area (Å²) < 4.78 is 12.8. The van der Waals surface area contributed by atoms with Gasteiger partial charge in [0, 0.05) is 15.4 Å². The Morgan fingerprint density at radius 2 is 1.48 bits per heavy atom. The highest BCUT2D eigenvalue weighted by Crippen LogP contribution is 2.54. The van der Waals surface area contributed by atoms with Gasteiger partial charge >= 0.3 is 0 Å². The molecule has 0 saturated heterocycles. The third-order valence-corrected chi connectivity index (χ3v) is 6.81. The number of furan rings is 2. The number of benzene rings is 1. The van der Waals surface area contributed by atoms with Gasteiger partial charge in [-0.1, -0.05) is 60.0 Å². The van der Waals surface area contributed by atoms with Crippen molar-refractivity contribution in [2.75, 3.05) is 0 Å². The molecule has 1 aliphatic heterocycles. The number of thioether (sulfide) groups is 2. The van der Waals surface area contributed by atoms with Crippen LogP contribution in [0.5, 0.6) is 0 Å². The van der Waals surface area contributed by atoms with Gasteiger partial charge in [-0.15, -0.1) is 0 Å². The summed E-state index contributed by atoms with van der Waals surface area (Å²) in [6, 6.07) is 15.8. The molecule has 0 radical (unpaired) electrons. The third kappa shape index (κ3) is 2.99. The van der Waals surface area contributed by atoms with Gasteiger partial charge in [0.05, 0.1) is 16.1 Å². The van der Waals surface area contributed by atoms with Crippen LogP contribution in [0.2, 0.25) is 0 Å². The van der Waals surface area contributed by atoms with Crippen LogP contribution in [0, 0.1) is 0 Å². The largest absolute Gasteiger partial charge is 0.504 e. The van der Waals surface area contributed by atoms with E-state index in [-0.39, 0.29) is 5.76 Å². The smallest absolute Gasteiger partial charge is 0.169 e. The van der Waals surface area contributed by atoms with E-state index in [1.807, 2.05) is 54.6 Å². The highest BCUT2D eigenvalue weighted by Gasteiger charge is 2.26. The van der Waals surface area contributed by atoms with Crippen LogP contribution >= 0.6 is 23.5 Å². The minimum atomic E-state index is 0.130. The van der Waals surface area contributed by atoms with Crippen LogP contribution in [0.15, 0.2) is 108 Å². The average molecular weight is 390 g/mol. The van der Waals surface area contributed by atoms with Crippen molar-refractivity contribution < 1.29 is 13.9 Å². The maximum Gasteiger partial charge on any atom is 0.169 e. The molecule has 0 unspecified atom stereocenters. The predicted octanol–water partition coefficient (Wildman–Crippen LogP) is 6.88. The number of hydrogen-bond acceptors (Lipinski definition) is 5. The zero-order valence-corrected chi connectivity index (χ0v) is 15.7. The van der Waals surface area contributed by atoms with Gasteiger partial charge in [0.2, 0.25) is 0 Å². The lowest BCUT2D eigenvalue weighted by molar-refractivity contribution is 0.451. The summed E-state index contributed by atoms with van der Waals surface area (Å²) in [5.74, 6) is 1.98. The molecule has 1 aromatic carbocycles. The summed E-state index contributed by atoms with van der Waals surface area (Å²) in [5.41, 5.74) is 1.63. The van der Waals surface area contributed by atoms with Gasteiger partial charge in [-0.25, -0.2) is 0 Å². The topological polar surface area (TPSA) is 46.5 Å². The Morgan fingerprint density at radius 3 is 2.15 bits per heavy atom. The van der Waals surface area contributed by atoms with Crippen molar-refractivity contribution in [3.63, 3.8) is 0 Å². The van der Waals surface area contributed by atoms with Crippen LogP contribution < -0.4 is 0 Å². The van der Waals surface area contributed by atoms with Crippen LogP contribution in [0.1, 0.15) is 17.3 Å². The third-order valence-electron chi connectivity index (χ3n) is 4.25. The van der Waals surface area contributed by atoms with Crippen LogP contribution in [-0.4, -0.2) is 5.11 Å². The summed E-state index contributed by atoms with van der Waals surface area (Å²) in [6.45, 7) is 0. The lowest BCUT2D eigenvalue weighted by atomic mass is 10.2. The zero-order chi connectivity index (χ0) is 18.2. The Bertz CT molecular complexity index is 1090. The standard InChI is InChI=1S/C22H14O3S2/c23-21(14-6-1-2-7-14)17-12-11-16(25-17)20(15-8-5-13-24-15)22-26-18-9-3-4-10-19(18)27-22/h1-13,23H. The van der Waals surface area contributed by atoms with E-state index in [1.165, 1.54) is 9.79 Å². The molecule has 0 saturated carbocycles. The Morgan fingerprint density at radius 1 is 0.778 bits per heavy atom. The molecule has 2 aliphatic rings. The Labute approximate surface area is 164 Å². The van der Waals surface area contributed by atoms with Crippen LogP contribution in [0.4, 0.5) is 0 Å². The molecule has 132 valence electrons. The predicted molar refractivity (Wildman–Crippen MR) is 109 cm³/mol. The SMILES string of the molecule is OC(=C1C=CC=C1)c1ccc(C(=C2Sc3ccccc3S2)c2ccco2)o1. The van der Waals surface area contributed by atoms with Gasteiger partial charge in [-0.3, -0.25) is 0 Å². The van der Waals surface area contributed by atoms with Crippen molar-refractivity contribution in [3.8, 4) is 0 Å². The number of aliphatic hydroxyl groups is 1. The van der Waals surface area contributed by atoms with E-state index in [0.717, 1.165) is 21.1 Å². The first-order valence-corrected chi connectivity index (χ1v) is 10.0. The molecule has 1 N–H and O–H groups in total. The van der Waals surface area contributed by atoms with Gasteiger partial charge in [-0.05, 0) is 36.4 Å². The highest BCUT2D eigenvalue weighted by molar-refractivity contribution is 8.25. The maximum absolute atomic E-state index is 10.5. The summed E-state index contributed by atoms with van der Waals surface area (Å²) in [6.07, 6.45) is 9.12. The fourth-order valence-corrected chi connectivity index (χ4v) is 5.55. The van der Waals surface area contributed by atoms with Crippen molar-refractivity contribution in [3.05, 3.63) is 106 Å². The quantitative estimate of drug-likeness (QED) is 0.494. The monoisotopic (exact) mass is 390 g/mol. The van der Waals surface area contributed by atoms with Gasteiger partial charge in [-0.2, -0.15) is 0 Å². The molecule has 0 amide bonds. The second-order valence-corrected chi connectivity index (χ2v) is 8.34. The summed E-state index contributed by atoms with van der Waals surface area (Å²) in [7, 11) is 0. The van der Waals surface area contributed by atoms with Crippen LogP contribution in [0.25, 0.3) is 11.3 Å². The van der Waals surface area contributed by atoms with Crippen molar-refractivity contribution >= 4 is 34.9 Å². The van der Waals surface area contributed by atoms with Crippen molar-refractivity contribution in [1.29, 1.82) is 0 Å². The molecule has 0 spiro atoms. The van der Waals surface area contributed by atoms with E-state index in [9.17, 15) is 5.11 Å². The minimum Gasteiger partial charge on any atom is -0.504 e. The highest BCUT2D eigenvalue weighted by atomic mass is 32.2. The van der Waals surface area contributed by atoms with E-state index < -0.39 is 0 Å². The molecule has 5 heteroatoms. The van der Waals surface area contributed by atoms with E-state index in [2.05, 4.69) is 12.1 Å². The molecule has 0 atom stereocenters. The molecule has 27 heavy (non-hydrogen) atoms. The Kier molecular flexibility index (Phi) is 4.11. The molecule has 0 fully saturated rings. The van der Waals surface area contributed by atoms with Crippen LogP contribution in [0.3, 0.4) is 0 Å². The first kappa shape index (κ1) is 16.4. The van der Waals surface area contributed by atoms with Gasteiger partial charge in [0.15, 0.2) is 11.5 Å². The number of allylic oxidation sites excluding steroid dienone is 5. The number of fused-ring (bicyclic) bond motifs is 1. The van der Waals surface area contributed by atoms with Crippen molar-refractivity contribution in [2.24, 2.45) is 0 Å². The van der Waals surface area contributed by atoms with Crippen molar-refractivity contribution in [2.45, 2.75) is 9.79 Å². The Balaban J connectivity index is 1.60. The summed E-state index contributed by atoms with van der Waals surface area (Å²) in [5, 5.41) is 10.5. The number of aliphatic hydroxyl groups excluding tert-OH is 1. The second-order valence-electron chi connectivity index (χ2n) is 5.98. The second kappa shape index (κ2) is 6.76. The number of hydrogen-bond donors (Lipinski definition) is 1. The van der Waals surface area contributed by atoms with Gasteiger partial charge in [0.25, 0.3) is 0 Å². The normalized spacial score (nSPS) is 14.8. The summed E-state index contributed by atoms with van der Waals surface area (Å²) >= 11 is 3.41. The van der Waals surface area contributed by atoms with Gasteiger partial charge in [0.1, 0.15) is 11.5 Å². The fourth-order valence-electron chi connectivity index (χ4n) is 2.96. The molecule has 3 aromatic rings. The van der Waals surface area contributed by atoms with E-state index in [4.69, 9.17) is 8.83 Å². The lowest BCUT2D eigenvalue weighted by Crippen LogP contribution is -1.86. The zero-order valence-electron chi connectivity index (χ0n) is 14.1. The summed E-state index contributed by atoms with van der Waals surface area (Å²) in [4.78, 5) is 2.44. The van der Waals surface area contributed by atoms with Crippen molar-refractivity contribution in [1.82, 2.24) is 0 Å².